The van der Waals surface area contributed by atoms with Gasteiger partial charge in [-0.25, -0.2) is 8.42 Å². The molecule has 0 spiro atoms. The molecule has 4 rings (SSSR count). The Hall–Kier alpha value is -2.73. The third-order valence-electron chi connectivity index (χ3n) is 5.20. The fourth-order valence-corrected chi connectivity index (χ4v) is 7.40. The number of benzene rings is 2. The molecule has 1 amide bonds. The average Bonchev–Trinajstić information content (AvgIpc) is 3.25. The predicted molar refractivity (Wildman–Crippen MR) is 122 cm³/mol. The van der Waals surface area contributed by atoms with Crippen LogP contribution in [0.2, 0.25) is 0 Å². The van der Waals surface area contributed by atoms with E-state index in [9.17, 15) is 26.4 Å². The Balaban J connectivity index is 1.56. The van der Waals surface area contributed by atoms with Crippen LogP contribution in [0.1, 0.15) is 5.56 Å². The second-order valence-electron chi connectivity index (χ2n) is 7.62. The SMILES string of the molecule is COc1ccc(N(CC(=O)Nc2cccc(C(F)(F)F)c2)C2=N[C@@H]3CS(=O)(=O)C[C@@H]3S2)cc1. The minimum absolute atomic E-state index is 0.0161. The molecule has 1 N–H and O–H groups in total. The number of sulfone groups is 1. The molecule has 2 aromatic rings. The van der Waals surface area contributed by atoms with Gasteiger partial charge in [-0.2, -0.15) is 13.2 Å². The summed E-state index contributed by atoms with van der Waals surface area (Å²) < 4.78 is 67.9. The first-order chi connectivity index (χ1) is 15.5. The minimum atomic E-state index is -4.52. The van der Waals surface area contributed by atoms with E-state index in [0.717, 1.165) is 12.1 Å². The Morgan fingerprint density at radius 3 is 2.58 bits per heavy atom. The topological polar surface area (TPSA) is 88.1 Å². The second-order valence-corrected chi connectivity index (χ2v) is 11.0. The standard InChI is InChI=1S/C21H20F3N3O4S2/c1-31-16-7-5-15(6-8-16)27(20-26-17-11-33(29,30)12-18(17)32-20)10-19(28)25-14-4-2-3-13(9-14)21(22,23)24/h2-9,17-18H,10-12H2,1H3,(H,25,28)/t17-,18+/m1/s1. The summed E-state index contributed by atoms with van der Waals surface area (Å²) in [6.45, 7) is -0.222. The molecule has 2 aliphatic rings. The monoisotopic (exact) mass is 499 g/mol. The average molecular weight is 500 g/mol. The number of ether oxygens (including phenoxy) is 1. The number of rotatable bonds is 5. The molecule has 1 saturated heterocycles. The van der Waals surface area contributed by atoms with Gasteiger partial charge in [0, 0.05) is 16.6 Å². The molecule has 176 valence electrons. The molecule has 2 aromatic carbocycles. The number of halogens is 3. The Kier molecular flexibility index (Phi) is 6.32. The van der Waals surface area contributed by atoms with Gasteiger partial charge in [-0.15, -0.1) is 0 Å². The third kappa shape index (κ3) is 5.44. The minimum Gasteiger partial charge on any atom is -0.497 e. The molecule has 7 nitrogen and oxygen atoms in total. The quantitative estimate of drug-likeness (QED) is 0.678. The number of alkyl halides is 3. The Morgan fingerprint density at radius 1 is 1.21 bits per heavy atom. The van der Waals surface area contributed by atoms with Crippen molar-refractivity contribution in [3.63, 3.8) is 0 Å². The molecule has 33 heavy (non-hydrogen) atoms. The number of aliphatic imine (C=N–C) groups is 1. The van der Waals surface area contributed by atoms with Gasteiger partial charge in [0.05, 0.1) is 30.2 Å². The van der Waals surface area contributed by atoms with Gasteiger partial charge in [-0.05, 0) is 42.5 Å². The highest BCUT2D eigenvalue weighted by Crippen LogP contribution is 2.37. The van der Waals surface area contributed by atoms with Crippen molar-refractivity contribution in [2.24, 2.45) is 4.99 Å². The van der Waals surface area contributed by atoms with E-state index >= 15 is 0 Å². The highest BCUT2D eigenvalue weighted by atomic mass is 32.2. The molecular weight excluding hydrogens is 479 g/mol. The Labute approximate surface area is 192 Å². The third-order valence-corrected chi connectivity index (χ3v) is 8.44. The lowest BCUT2D eigenvalue weighted by Crippen LogP contribution is -2.36. The number of anilines is 2. The van der Waals surface area contributed by atoms with Crippen LogP contribution in [0.5, 0.6) is 5.75 Å². The Morgan fingerprint density at radius 2 is 1.94 bits per heavy atom. The van der Waals surface area contributed by atoms with Gasteiger partial charge in [0.25, 0.3) is 0 Å². The van der Waals surface area contributed by atoms with Crippen molar-refractivity contribution in [3.8, 4) is 5.75 Å². The van der Waals surface area contributed by atoms with E-state index in [-0.39, 0.29) is 35.0 Å². The number of thioether (sulfide) groups is 1. The molecule has 2 atom stereocenters. The predicted octanol–water partition coefficient (Wildman–Crippen LogP) is 3.43. The van der Waals surface area contributed by atoms with Crippen LogP contribution in [-0.4, -0.2) is 55.9 Å². The van der Waals surface area contributed by atoms with Gasteiger partial charge in [0.2, 0.25) is 5.91 Å². The first-order valence-corrected chi connectivity index (χ1v) is 12.6. The largest absolute Gasteiger partial charge is 0.497 e. The molecule has 1 fully saturated rings. The molecule has 0 aliphatic carbocycles. The van der Waals surface area contributed by atoms with Gasteiger partial charge < -0.3 is 15.0 Å². The number of nitrogens with zero attached hydrogens (tertiary/aromatic N) is 2. The van der Waals surface area contributed by atoms with Crippen LogP contribution in [-0.2, 0) is 20.8 Å². The van der Waals surface area contributed by atoms with Crippen molar-refractivity contribution < 1.29 is 31.1 Å². The number of hydrogen-bond donors (Lipinski definition) is 1. The summed E-state index contributed by atoms with van der Waals surface area (Å²) in [5.74, 6) is 0.0396. The second kappa shape index (κ2) is 8.90. The smallest absolute Gasteiger partial charge is 0.416 e. The van der Waals surface area contributed by atoms with E-state index in [4.69, 9.17) is 4.74 Å². The first kappa shape index (κ1) is 23.4. The van der Waals surface area contributed by atoms with Crippen molar-refractivity contribution in [3.05, 3.63) is 54.1 Å². The molecule has 0 bridgehead atoms. The summed E-state index contributed by atoms with van der Waals surface area (Å²) in [6.07, 6.45) is -4.52. The van der Waals surface area contributed by atoms with Crippen LogP contribution in [0.15, 0.2) is 53.5 Å². The molecule has 12 heteroatoms. The van der Waals surface area contributed by atoms with E-state index in [0.29, 0.717) is 16.6 Å². The van der Waals surface area contributed by atoms with E-state index in [1.54, 1.807) is 29.2 Å². The summed E-state index contributed by atoms with van der Waals surface area (Å²) in [5, 5.41) is 2.76. The number of methoxy groups -OCH3 is 1. The maximum absolute atomic E-state index is 13.0. The lowest BCUT2D eigenvalue weighted by molar-refractivity contribution is -0.137. The number of hydrogen-bond acceptors (Lipinski definition) is 7. The van der Waals surface area contributed by atoms with Gasteiger partial charge >= 0.3 is 6.18 Å². The number of amides is 1. The number of fused-ring (bicyclic) bond motifs is 1. The van der Waals surface area contributed by atoms with Gasteiger partial charge in [0.15, 0.2) is 15.0 Å². The molecule has 0 saturated carbocycles. The molecule has 0 radical (unpaired) electrons. The van der Waals surface area contributed by atoms with Crippen LogP contribution in [0.3, 0.4) is 0 Å². The van der Waals surface area contributed by atoms with Gasteiger partial charge in [-0.1, -0.05) is 17.8 Å². The summed E-state index contributed by atoms with van der Waals surface area (Å²) in [4.78, 5) is 18.9. The van der Waals surface area contributed by atoms with E-state index < -0.39 is 27.5 Å². The number of amidine groups is 1. The zero-order valence-electron chi connectivity index (χ0n) is 17.4. The number of carbonyl (C=O) groups is 1. The first-order valence-electron chi connectivity index (χ1n) is 9.88. The summed E-state index contributed by atoms with van der Waals surface area (Å²) in [5.41, 5.74) is -0.227. The maximum atomic E-state index is 13.0. The van der Waals surface area contributed by atoms with E-state index in [2.05, 4.69) is 10.3 Å². The van der Waals surface area contributed by atoms with Crippen molar-refractivity contribution >= 4 is 44.0 Å². The molecule has 2 aliphatic heterocycles. The summed E-state index contributed by atoms with van der Waals surface area (Å²) in [7, 11) is -1.62. The summed E-state index contributed by atoms with van der Waals surface area (Å²) >= 11 is 1.29. The van der Waals surface area contributed by atoms with Crippen molar-refractivity contribution in [1.29, 1.82) is 0 Å². The van der Waals surface area contributed by atoms with Crippen LogP contribution in [0, 0.1) is 0 Å². The van der Waals surface area contributed by atoms with Crippen LogP contribution < -0.4 is 15.0 Å². The van der Waals surface area contributed by atoms with E-state index in [1.807, 2.05) is 0 Å². The van der Waals surface area contributed by atoms with Crippen molar-refractivity contribution in [2.75, 3.05) is 35.4 Å². The normalized spacial score (nSPS) is 21.3. The molecular formula is C21H20F3N3O4S2. The van der Waals surface area contributed by atoms with Crippen molar-refractivity contribution in [1.82, 2.24) is 0 Å². The van der Waals surface area contributed by atoms with Crippen LogP contribution >= 0.6 is 11.8 Å². The van der Waals surface area contributed by atoms with Crippen LogP contribution in [0.25, 0.3) is 0 Å². The highest BCUT2D eigenvalue weighted by Gasteiger charge is 2.44. The van der Waals surface area contributed by atoms with Gasteiger partial charge in [-0.3, -0.25) is 9.79 Å². The molecule has 0 unspecified atom stereocenters. The maximum Gasteiger partial charge on any atom is 0.416 e. The lowest BCUT2D eigenvalue weighted by atomic mass is 10.2. The number of nitrogens with one attached hydrogen (secondary N) is 1. The summed E-state index contributed by atoms with van der Waals surface area (Å²) in [6, 6.07) is 10.9. The zero-order chi connectivity index (χ0) is 23.8. The Bertz CT molecular complexity index is 1180. The van der Waals surface area contributed by atoms with E-state index in [1.165, 1.54) is 31.0 Å². The van der Waals surface area contributed by atoms with Gasteiger partial charge in [0.1, 0.15) is 12.3 Å². The molecule has 2 heterocycles. The fourth-order valence-electron chi connectivity index (χ4n) is 3.62. The molecule has 0 aromatic heterocycles. The zero-order valence-corrected chi connectivity index (χ0v) is 19.0. The van der Waals surface area contributed by atoms with Crippen molar-refractivity contribution in [2.45, 2.75) is 17.5 Å². The fraction of sp³-hybridized carbons (Fsp3) is 0.333. The lowest BCUT2D eigenvalue weighted by Gasteiger charge is -2.24. The number of carbonyl (C=O) groups excluding carboxylic acids is 1. The van der Waals surface area contributed by atoms with Crippen LogP contribution in [0.4, 0.5) is 24.5 Å². The highest BCUT2D eigenvalue weighted by molar-refractivity contribution is 8.15.